The molecule has 1 heterocycles. The molecular formula is C11H11F2NO4S. The lowest BCUT2D eigenvalue weighted by atomic mass is 10.1. The number of rotatable bonds is 3. The van der Waals surface area contributed by atoms with E-state index in [1.165, 1.54) is 0 Å². The summed E-state index contributed by atoms with van der Waals surface area (Å²) in [4.78, 5) is 10.7. The number of hydrogen-bond acceptors (Lipinski definition) is 4. The van der Waals surface area contributed by atoms with Crippen LogP contribution in [0.1, 0.15) is 16.8 Å². The maximum atomic E-state index is 13.5. The van der Waals surface area contributed by atoms with Crippen molar-refractivity contribution in [3.63, 3.8) is 0 Å². The van der Waals surface area contributed by atoms with Crippen molar-refractivity contribution in [1.82, 2.24) is 0 Å². The van der Waals surface area contributed by atoms with Crippen LogP contribution in [0.4, 0.5) is 14.5 Å². The van der Waals surface area contributed by atoms with Gasteiger partial charge in [0.25, 0.3) is 0 Å². The third kappa shape index (κ3) is 3.01. The molecule has 0 saturated carbocycles. The Morgan fingerprint density at radius 2 is 2.00 bits per heavy atom. The molecule has 0 amide bonds. The van der Waals surface area contributed by atoms with Gasteiger partial charge in [-0.2, -0.15) is 0 Å². The van der Waals surface area contributed by atoms with Crippen LogP contribution in [0.2, 0.25) is 0 Å². The summed E-state index contributed by atoms with van der Waals surface area (Å²) in [5, 5.41) is 11.3. The van der Waals surface area contributed by atoms with Crippen molar-refractivity contribution >= 4 is 21.5 Å². The lowest BCUT2D eigenvalue weighted by Crippen LogP contribution is -2.21. The molecule has 1 saturated heterocycles. The van der Waals surface area contributed by atoms with Crippen LogP contribution in [0.25, 0.3) is 0 Å². The summed E-state index contributed by atoms with van der Waals surface area (Å²) in [5.41, 5.74) is -0.870. The SMILES string of the molecule is O=C(O)c1cc(NC2CCS(=O)(=O)C2)c(F)cc1F. The minimum Gasteiger partial charge on any atom is -0.478 e. The molecule has 1 aliphatic rings. The fraction of sp³-hybridized carbons (Fsp3) is 0.364. The van der Waals surface area contributed by atoms with Crippen molar-refractivity contribution in [1.29, 1.82) is 0 Å². The molecule has 1 fully saturated rings. The maximum absolute atomic E-state index is 13.5. The van der Waals surface area contributed by atoms with Gasteiger partial charge >= 0.3 is 5.97 Å². The van der Waals surface area contributed by atoms with Crippen LogP contribution in [-0.2, 0) is 9.84 Å². The summed E-state index contributed by atoms with van der Waals surface area (Å²) in [6.45, 7) is 0. The maximum Gasteiger partial charge on any atom is 0.338 e. The predicted octanol–water partition coefficient (Wildman–Crippen LogP) is 1.26. The molecule has 0 aromatic heterocycles. The summed E-state index contributed by atoms with van der Waals surface area (Å²) in [5.74, 6) is -3.79. The molecule has 1 aromatic rings. The first kappa shape index (κ1) is 13.7. The van der Waals surface area contributed by atoms with Crippen molar-refractivity contribution in [2.24, 2.45) is 0 Å². The Labute approximate surface area is 108 Å². The van der Waals surface area contributed by atoms with Crippen LogP contribution in [0, 0.1) is 11.6 Å². The van der Waals surface area contributed by atoms with Gasteiger partial charge in [0.2, 0.25) is 0 Å². The molecule has 1 unspecified atom stereocenters. The highest BCUT2D eigenvalue weighted by atomic mass is 32.2. The summed E-state index contributed by atoms with van der Waals surface area (Å²) in [6.07, 6.45) is 0.307. The lowest BCUT2D eigenvalue weighted by Gasteiger charge is -2.14. The average molecular weight is 291 g/mol. The van der Waals surface area contributed by atoms with Crippen molar-refractivity contribution in [2.45, 2.75) is 12.5 Å². The molecule has 1 aliphatic heterocycles. The van der Waals surface area contributed by atoms with Gasteiger partial charge in [0, 0.05) is 12.1 Å². The monoisotopic (exact) mass is 291 g/mol. The molecule has 1 atom stereocenters. The molecule has 1 aromatic carbocycles. The Balaban J connectivity index is 2.26. The van der Waals surface area contributed by atoms with Gasteiger partial charge in [-0.3, -0.25) is 0 Å². The summed E-state index contributed by atoms with van der Waals surface area (Å²) in [6, 6.07) is 0.805. The van der Waals surface area contributed by atoms with E-state index < -0.39 is 39.0 Å². The number of carbonyl (C=O) groups is 1. The van der Waals surface area contributed by atoms with Crippen LogP contribution in [-0.4, -0.2) is 37.0 Å². The highest BCUT2D eigenvalue weighted by Gasteiger charge is 2.28. The highest BCUT2D eigenvalue weighted by Crippen LogP contribution is 2.23. The first-order chi connectivity index (χ1) is 8.78. The molecule has 8 heteroatoms. The first-order valence-electron chi connectivity index (χ1n) is 5.48. The topological polar surface area (TPSA) is 83.5 Å². The molecule has 0 bridgehead atoms. The number of anilines is 1. The minimum absolute atomic E-state index is 0.000726. The second kappa shape index (κ2) is 4.76. The standard InChI is InChI=1S/C11H11F2NO4S/c12-8-4-9(13)10(3-7(8)11(15)16)14-6-1-2-19(17,18)5-6/h3-4,6,14H,1-2,5H2,(H,15,16). The van der Waals surface area contributed by atoms with Crippen LogP contribution >= 0.6 is 0 Å². The van der Waals surface area contributed by atoms with Gasteiger partial charge in [0.15, 0.2) is 9.84 Å². The largest absolute Gasteiger partial charge is 0.478 e. The van der Waals surface area contributed by atoms with E-state index in [0.717, 1.165) is 6.07 Å². The quantitative estimate of drug-likeness (QED) is 0.876. The number of aromatic carboxylic acids is 1. The van der Waals surface area contributed by atoms with Crippen LogP contribution < -0.4 is 5.32 Å². The van der Waals surface area contributed by atoms with Crippen molar-refractivity contribution in [2.75, 3.05) is 16.8 Å². The predicted molar refractivity (Wildman–Crippen MR) is 64.0 cm³/mol. The Bertz CT molecular complexity index is 630. The third-order valence-electron chi connectivity index (χ3n) is 2.88. The molecular weight excluding hydrogens is 280 g/mol. The first-order valence-corrected chi connectivity index (χ1v) is 7.30. The number of benzene rings is 1. The fourth-order valence-electron chi connectivity index (χ4n) is 1.95. The van der Waals surface area contributed by atoms with E-state index in [9.17, 15) is 22.0 Å². The molecule has 2 N–H and O–H groups in total. The van der Waals surface area contributed by atoms with Gasteiger partial charge in [-0.1, -0.05) is 0 Å². The molecule has 19 heavy (non-hydrogen) atoms. The van der Waals surface area contributed by atoms with Crippen molar-refractivity contribution < 1.29 is 27.1 Å². The third-order valence-corrected chi connectivity index (χ3v) is 4.65. The van der Waals surface area contributed by atoms with Crippen LogP contribution in [0.3, 0.4) is 0 Å². The van der Waals surface area contributed by atoms with E-state index in [0.29, 0.717) is 12.5 Å². The number of sulfone groups is 1. The zero-order valence-corrected chi connectivity index (χ0v) is 10.5. The Kier molecular flexibility index (Phi) is 3.44. The van der Waals surface area contributed by atoms with E-state index in [1.54, 1.807) is 0 Å². The second-order valence-electron chi connectivity index (χ2n) is 4.36. The van der Waals surface area contributed by atoms with Gasteiger partial charge in [0.05, 0.1) is 22.8 Å². The Morgan fingerprint density at radius 3 is 2.53 bits per heavy atom. The Hall–Kier alpha value is -1.70. The number of carboxylic acids is 1. The summed E-state index contributed by atoms with van der Waals surface area (Å²) < 4.78 is 49.2. The van der Waals surface area contributed by atoms with E-state index in [2.05, 4.69) is 5.32 Å². The molecule has 5 nitrogen and oxygen atoms in total. The minimum atomic E-state index is -3.14. The summed E-state index contributed by atoms with van der Waals surface area (Å²) in [7, 11) is -3.14. The van der Waals surface area contributed by atoms with E-state index in [4.69, 9.17) is 5.11 Å². The second-order valence-corrected chi connectivity index (χ2v) is 6.59. The lowest BCUT2D eigenvalue weighted by molar-refractivity contribution is 0.0692. The normalized spacial score (nSPS) is 21.3. The van der Waals surface area contributed by atoms with Gasteiger partial charge in [-0.25, -0.2) is 22.0 Å². The zero-order chi connectivity index (χ0) is 14.2. The van der Waals surface area contributed by atoms with Crippen molar-refractivity contribution in [3.05, 3.63) is 29.3 Å². The molecule has 104 valence electrons. The molecule has 0 aliphatic carbocycles. The average Bonchev–Trinajstić information content (AvgIpc) is 2.61. The molecule has 2 rings (SSSR count). The highest BCUT2D eigenvalue weighted by molar-refractivity contribution is 7.91. The van der Waals surface area contributed by atoms with Crippen LogP contribution in [0.5, 0.6) is 0 Å². The van der Waals surface area contributed by atoms with E-state index in [1.807, 2.05) is 0 Å². The van der Waals surface area contributed by atoms with Gasteiger partial charge < -0.3 is 10.4 Å². The smallest absolute Gasteiger partial charge is 0.338 e. The van der Waals surface area contributed by atoms with E-state index in [-0.39, 0.29) is 17.2 Å². The number of nitrogens with one attached hydrogen (secondary N) is 1. The van der Waals surface area contributed by atoms with Crippen molar-refractivity contribution in [3.8, 4) is 0 Å². The van der Waals surface area contributed by atoms with Gasteiger partial charge in [0.1, 0.15) is 11.6 Å². The van der Waals surface area contributed by atoms with E-state index >= 15 is 0 Å². The number of carboxylic acid groups (broad SMARTS) is 1. The molecule has 0 spiro atoms. The zero-order valence-electron chi connectivity index (χ0n) is 9.69. The van der Waals surface area contributed by atoms with Gasteiger partial charge in [-0.05, 0) is 12.5 Å². The van der Waals surface area contributed by atoms with Crippen LogP contribution in [0.15, 0.2) is 12.1 Å². The fourth-order valence-corrected chi connectivity index (χ4v) is 3.63. The van der Waals surface area contributed by atoms with Gasteiger partial charge in [-0.15, -0.1) is 0 Å². The number of halogens is 2. The summed E-state index contributed by atoms with van der Waals surface area (Å²) >= 11 is 0. The number of hydrogen-bond donors (Lipinski definition) is 2. The molecule has 0 radical (unpaired) electrons. The Morgan fingerprint density at radius 1 is 1.32 bits per heavy atom.